The highest BCUT2D eigenvalue weighted by molar-refractivity contribution is 5.21. The minimum Gasteiger partial charge on any atom is -0.309 e. The molecule has 0 amide bonds. The molecule has 1 heterocycles. The molecule has 1 saturated heterocycles. The van der Waals surface area contributed by atoms with Gasteiger partial charge in [0.15, 0.2) is 0 Å². The lowest BCUT2D eigenvalue weighted by molar-refractivity contribution is 0.0514. The molecule has 1 aliphatic carbocycles. The summed E-state index contributed by atoms with van der Waals surface area (Å²) >= 11 is 0. The van der Waals surface area contributed by atoms with Crippen LogP contribution in [0, 0.1) is 5.41 Å². The smallest absolute Gasteiger partial charge is 0.0476 e. The third-order valence-corrected chi connectivity index (χ3v) is 5.35. The van der Waals surface area contributed by atoms with Gasteiger partial charge in [0.2, 0.25) is 0 Å². The molecule has 1 aromatic carbocycles. The van der Waals surface area contributed by atoms with Crippen molar-refractivity contribution in [3.8, 4) is 0 Å². The highest BCUT2D eigenvalue weighted by atomic mass is 15.3. The molecule has 3 rings (SSSR count). The fourth-order valence-electron chi connectivity index (χ4n) is 4.16. The van der Waals surface area contributed by atoms with Crippen molar-refractivity contribution in [2.45, 2.75) is 64.6 Å². The topological polar surface area (TPSA) is 15.3 Å². The van der Waals surface area contributed by atoms with E-state index in [1.54, 1.807) is 0 Å². The van der Waals surface area contributed by atoms with Crippen LogP contribution in [0.4, 0.5) is 0 Å². The van der Waals surface area contributed by atoms with Gasteiger partial charge in [-0.25, -0.2) is 0 Å². The number of nitrogens with one attached hydrogen (secondary N) is 1. The molecule has 0 radical (unpaired) electrons. The molecule has 2 fully saturated rings. The second-order valence-electron chi connectivity index (χ2n) is 8.42. The molecule has 2 heteroatoms. The normalized spacial score (nSPS) is 32.2. The van der Waals surface area contributed by atoms with Gasteiger partial charge in [-0.1, -0.05) is 44.2 Å². The van der Waals surface area contributed by atoms with Crippen LogP contribution in [0.5, 0.6) is 0 Å². The van der Waals surface area contributed by atoms with Crippen molar-refractivity contribution < 1.29 is 0 Å². The van der Waals surface area contributed by atoms with Gasteiger partial charge in [-0.3, -0.25) is 4.90 Å². The lowest BCUT2D eigenvalue weighted by Gasteiger charge is -2.48. The van der Waals surface area contributed by atoms with Gasteiger partial charge in [-0.2, -0.15) is 0 Å². The van der Waals surface area contributed by atoms with Crippen LogP contribution in [0.15, 0.2) is 30.3 Å². The molecule has 2 unspecified atom stereocenters. The minimum absolute atomic E-state index is 0.220. The SMILES string of the molecule is CC1(C)CCC(N2CC(C)(C)NCC2c2ccccc2)C1. The molecule has 21 heavy (non-hydrogen) atoms. The van der Waals surface area contributed by atoms with Gasteiger partial charge < -0.3 is 5.32 Å². The lowest BCUT2D eigenvalue weighted by atomic mass is 9.89. The first-order valence-corrected chi connectivity index (χ1v) is 8.42. The van der Waals surface area contributed by atoms with Crippen molar-refractivity contribution in [2.24, 2.45) is 5.41 Å². The second kappa shape index (κ2) is 5.40. The molecule has 1 saturated carbocycles. The molecule has 2 atom stereocenters. The lowest BCUT2D eigenvalue weighted by Crippen LogP contribution is -2.60. The zero-order valence-corrected chi connectivity index (χ0v) is 14.0. The molecule has 0 bridgehead atoms. The summed E-state index contributed by atoms with van der Waals surface area (Å²) in [5.74, 6) is 0. The predicted octanol–water partition coefficient (Wildman–Crippen LogP) is 3.99. The van der Waals surface area contributed by atoms with Gasteiger partial charge in [-0.15, -0.1) is 0 Å². The Kier molecular flexibility index (Phi) is 3.87. The first-order chi connectivity index (χ1) is 9.86. The molecule has 116 valence electrons. The summed E-state index contributed by atoms with van der Waals surface area (Å²) in [6, 6.07) is 12.3. The third kappa shape index (κ3) is 3.32. The van der Waals surface area contributed by atoms with E-state index in [2.05, 4.69) is 68.2 Å². The van der Waals surface area contributed by atoms with Crippen LogP contribution >= 0.6 is 0 Å². The Balaban J connectivity index is 1.84. The van der Waals surface area contributed by atoms with Crippen molar-refractivity contribution in [3.63, 3.8) is 0 Å². The molecule has 1 N–H and O–H groups in total. The van der Waals surface area contributed by atoms with E-state index in [0.717, 1.165) is 19.1 Å². The number of piperazine rings is 1. The summed E-state index contributed by atoms with van der Waals surface area (Å²) in [5, 5.41) is 3.74. The van der Waals surface area contributed by atoms with E-state index in [9.17, 15) is 0 Å². The average molecular weight is 286 g/mol. The van der Waals surface area contributed by atoms with Crippen LogP contribution in [0.2, 0.25) is 0 Å². The maximum atomic E-state index is 3.74. The molecular formula is C19H30N2. The number of nitrogens with zero attached hydrogens (tertiary/aromatic N) is 1. The van der Waals surface area contributed by atoms with E-state index in [0.29, 0.717) is 11.5 Å². The van der Waals surface area contributed by atoms with E-state index in [1.165, 1.54) is 24.8 Å². The molecule has 1 aliphatic heterocycles. The Bertz CT molecular complexity index is 478. The Morgan fingerprint density at radius 1 is 1.10 bits per heavy atom. The van der Waals surface area contributed by atoms with Crippen LogP contribution in [-0.2, 0) is 0 Å². The predicted molar refractivity (Wildman–Crippen MR) is 89.4 cm³/mol. The van der Waals surface area contributed by atoms with Gasteiger partial charge >= 0.3 is 0 Å². The average Bonchev–Trinajstić information content (AvgIpc) is 2.79. The number of hydrogen-bond donors (Lipinski definition) is 1. The van der Waals surface area contributed by atoms with Crippen LogP contribution < -0.4 is 5.32 Å². The first kappa shape index (κ1) is 15.1. The van der Waals surface area contributed by atoms with Gasteiger partial charge in [0, 0.05) is 30.7 Å². The largest absolute Gasteiger partial charge is 0.309 e. The summed E-state index contributed by atoms with van der Waals surface area (Å²) in [6.45, 7) is 11.7. The number of rotatable bonds is 2. The quantitative estimate of drug-likeness (QED) is 0.884. The van der Waals surface area contributed by atoms with E-state index in [4.69, 9.17) is 0 Å². The third-order valence-electron chi connectivity index (χ3n) is 5.35. The van der Waals surface area contributed by atoms with E-state index in [1.807, 2.05) is 0 Å². The fraction of sp³-hybridized carbons (Fsp3) is 0.684. The van der Waals surface area contributed by atoms with Crippen LogP contribution in [0.1, 0.15) is 58.6 Å². The van der Waals surface area contributed by atoms with Gasteiger partial charge in [0.05, 0.1) is 0 Å². The maximum absolute atomic E-state index is 3.74. The zero-order valence-electron chi connectivity index (χ0n) is 14.0. The summed E-state index contributed by atoms with van der Waals surface area (Å²) in [4.78, 5) is 2.79. The molecule has 2 nitrogen and oxygen atoms in total. The highest BCUT2D eigenvalue weighted by Gasteiger charge is 2.41. The van der Waals surface area contributed by atoms with Crippen molar-refractivity contribution in [2.75, 3.05) is 13.1 Å². The van der Waals surface area contributed by atoms with Crippen molar-refractivity contribution in [3.05, 3.63) is 35.9 Å². The van der Waals surface area contributed by atoms with Crippen molar-refractivity contribution >= 4 is 0 Å². The Labute approximate surface area is 129 Å². The molecular weight excluding hydrogens is 256 g/mol. The first-order valence-electron chi connectivity index (χ1n) is 8.42. The Morgan fingerprint density at radius 2 is 1.81 bits per heavy atom. The second-order valence-corrected chi connectivity index (χ2v) is 8.42. The van der Waals surface area contributed by atoms with Gasteiger partial charge in [-0.05, 0) is 44.1 Å². The number of hydrogen-bond acceptors (Lipinski definition) is 2. The van der Waals surface area contributed by atoms with Crippen LogP contribution in [0.3, 0.4) is 0 Å². The maximum Gasteiger partial charge on any atom is 0.0476 e. The summed E-state index contributed by atoms with van der Waals surface area (Å²) < 4.78 is 0. The standard InChI is InChI=1S/C19H30N2/c1-18(2)11-10-16(12-18)21-14-19(3,4)20-13-17(21)15-8-6-5-7-9-15/h5-9,16-17,20H,10-14H2,1-4H3. The van der Waals surface area contributed by atoms with Crippen LogP contribution in [0.25, 0.3) is 0 Å². The zero-order chi connectivity index (χ0) is 15.1. The van der Waals surface area contributed by atoms with E-state index < -0.39 is 0 Å². The molecule has 2 aliphatic rings. The minimum atomic E-state index is 0.220. The van der Waals surface area contributed by atoms with Crippen molar-refractivity contribution in [1.82, 2.24) is 10.2 Å². The fourth-order valence-corrected chi connectivity index (χ4v) is 4.16. The Hall–Kier alpha value is -0.860. The summed E-state index contributed by atoms with van der Waals surface area (Å²) in [7, 11) is 0. The highest BCUT2D eigenvalue weighted by Crippen LogP contribution is 2.43. The van der Waals surface area contributed by atoms with E-state index >= 15 is 0 Å². The van der Waals surface area contributed by atoms with Gasteiger partial charge in [0.25, 0.3) is 0 Å². The Morgan fingerprint density at radius 3 is 2.43 bits per heavy atom. The number of benzene rings is 1. The summed E-state index contributed by atoms with van der Waals surface area (Å²) in [5.41, 5.74) is 2.20. The summed E-state index contributed by atoms with van der Waals surface area (Å²) in [6.07, 6.45) is 4.06. The van der Waals surface area contributed by atoms with Gasteiger partial charge in [0.1, 0.15) is 0 Å². The molecule has 1 aromatic rings. The van der Waals surface area contributed by atoms with E-state index in [-0.39, 0.29) is 5.54 Å². The monoisotopic (exact) mass is 286 g/mol. The van der Waals surface area contributed by atoms with Crippen molar-refractivity contribution in [1.29, 1.82) is 0 Å². The van der Waals surface area contributed by atoms with Crippen LogP contribution in [-0.4, -0.2) is 29.6 Å². The molecule has 0 spiro atoms. The molecule has 0 aromatic heterocycles.